The van der Waals surface area contributed by atoms with Gasteiger partial charge in [-0.2, -0.15) is 0 Å². The second kappa shape index (κ2) is 6.18. The van der Waals surface area contributed by atoms with Gasteiger partial charge in [-0.3, -0.25) is 0 Å². The van der Waals surface area contributed by atoms with Crippen LogP contribution in [0.4, 0.5) is 0 Å². The van der Waals surface area contributed by atoms with E-state index >= 15 is 0 Å². The third kappa shape index (κ3) is 3.30. The van der Waals surface area contributed by atoms with E-state index in [-0.39, 0.29) is 11.5 Å². The molecule has 0 fully saturated rings. The Labute approximate surface area is 146 Å². The molecule has 0 aliphatic carbocycles. The minimum absolute atomic E-state index is 0.165. The van der Waals surface area contributed by atoms with Gasteiger partial charge in [0, 0.05) is 5.56 Å². The van der Waals surface area contributed by atoms with E-state index in [9.17, 15) is 10.2 Å². The van der Waals surface area contributed by atoms with Crippen LogP contribution in [0.3, 0.4) is 0 Å². The lowest BCUT2D eigenvalue weighted by molar-refractivity contribution is 0.401. The molecular formula is C18H14BrNO2S. The third-order valence-corrected chi connectivity index (χ3v) is 5.09. The lowest BCUT2D eigenvalue weighted by atomic mass is 10.2. The van der Waals surface area contributed by atoms with Gasteiger partial charge >= 0.3 is 0 Å². The van der Waals surface area contributed by atoms with Crippen LogP contribution in [0.1, 0.15) is 11.1 Å². The SMILES string of the molecule is C=c1nc(-c2ccc(C)cc2)sc1=Cc1cc(O)c(O)c(Br)c1. The number of thiazole rings is 1. The number of phenolic OH excluding ortho intramolecular Hbond substituents is 2. The lowest BCUT2D eigenvalue weighted by Crippen LogP contribution is -2.18. The molecule has 23 heavy (non-hydrogen) atoms. The van der Waals surface area contributed by atoms with Gasteiger partial charge in [0.2, 0.25) is 0 Å². The molecule has 0 spiro atoms. The molecule has 0 atom stereocenters. The van der Waals surface area contributed by atoms with Crippen molar-refractivity contribution in [2.75, 3.05) is 0 Å². The quantitative estimate of drug-likeness (QED) is 0.661. The maximum atomic E-state index is 9.71. The van der Waals surface area contributed by atoms with Gasteiger partial charge in [-0.15, -0.1) is 11.3 Å². The molecule has 116 valence electrons. The summed E-state index contributed by atoms with van der Waals surface area (Å²) in [6, 6.07) is 11.4. The summed E-state index contributed by atoms with van der Waals surface area (Å²) in [5, 5.41) is 20.9. The Hall–Kier alpha value is -2.11. The molecule has 2 N–H and O–H groups in total. The minimum atomic E-state index is -0.167. The van der Waals surface area contributed by atoms with Crippen LogP contribution >= 0.6 is 27.3 Å². The number of rotatable bonds is 2. The average Bonchev–Trinajstić information content (AvgIpc) is 2.86. The van der Waals surface area contributed by atoms with Crippen LogP contribution in [-0.4, -0.2) is 15.2 Å². The largest absolute Gasteiger partial charge is 0.504 e. The lowest BCUT2D eigenvalue weighted by Gasteiger charge is -2.01. The van der Waals surface area contributed by atoms with Gasteiger partial charge in [0.05, 0.1) is 14.4 Å². The molecule has 0 amide bonds. The predicted molar refractivity (Wildman–Crippen MR) is 98.1 cm³/mol. The van der Waals surface area contributed by atoms with Crippen LogP contribution in [0.5, 0.6) is 11.5 Å². The Morgan fingerprint density at radius 1 is 1.17 bits per heavy atom. The van der Waals surface area contributed by atoms with Gasteiger partial charge in [-0.1, -0.05) is 36.4 Å². The van der Waals surface area contributed by atoms with Crippen molar-refractivity contribution in [3.05, 3.63) is 61.9 Å². The van der Waals surface area contributed by atoms with Crippen LogP contribution in [-0.2, 0) is 0 Å². The van der Waals surface area contributed by atoms with E-state index in [1.165, 1.54) is 11.6 Å². The van der Waals surface area contributed by atoms with Crippen molar-refractivity contribution in [2.24, 2.45) is 0 Å². The molecule has 5 heteroatoms. The Kier molecular flexibility index (Phi) is 4.24. The highest BCUT2D eigenvalue weighted by Crippen LogP contribution is 2.34. The van der Waals surface area contributed by atoms with Crippen molar-refractivity contribution in [3.8, 4) is 22.1 Å². The summed E-state index contributed by atoms with van der Waals surface area (Å²) in [4.78, 5) is 4.52. The standard InChI is InChI=1S/C18H14BrNO2S/c1-10-3-5-13(6-4-10)18-20-11(2)16(23-18)9-12-7-14(19)17(22)15(21)8-12/h3-9,21-22H,2H2,1H3. The number of hydrogen-bond acceptors (Lipinski definition) is 4. The third-order valence-electron chi connectivity index (χ3n) is 3.39. The first-order valence-electron chi connectivity index (χ1n) is 6.90. The first kappa shape index (κ1) is 15.8. The first-order chi connectivity index (χ1) is 10.9. The molecule has 0 radical (unpaired) electrons. The summed E-state index contributed by atoms with van der Waals surface area (Å²) >= 11 is 4.76. The molecule has 0 saturated carbocycles. The van der Waals surface area contributed by atoms with E-state index in [0.717, 1.165) is 20.7 Å². The molecule has 3 rings (SSSR count). The van der Waals surface area contributed by atoms with Crippen molar-refractivity contribution in [2.45, 2.75) is 6.92 Å². The molecule has 3 nitrogen and oxygen atoms in total. The number of benzene rings is 2. The zero-order chi connectivity index (χ0) is 16.6. The number of halogens is 1. The van der Waals surface area contributed by atoms with Crippen molar-refractivity contribution in [1.29, 1.82) is 0 Å². The molecule has 2 aromatic carbocycles. The summed E-state index contributed by atoms with van der Waals surface area (Å²) in [5.41, 5.74) is 3.02. The number of phenols is 2. The van der Waals surface area contributed by atoms with Crippen LogP contribution < -0.4 is 9.88 Å². The molecule has 0 unspecified atom stereocenters. The molecule has 1 heterocycles. The van der Waals surface area contributed by atoms with E-state index in [4.69, 9.17) is 0 Å². The smallest absolute Gasteiger partial charge is 0.171 e. The Balaban J connectivity index is 2.08. The Morgan fingerprint density at radius 2 is 1.87 bits per heavy atom. The van der Waals surface area contributed by atoms with E-state index in [0.29, 0.717) is 9.82 Å². The van der Waals surface area contributed by atoms with Gasteiger partial charge in [-0.25, -0.2) is 4.98 Å². The summed E-state index contributed by atoms with van der Waals surface area (Å²) < 4.78 is 1.36. The van der Waals surface area contributed by atoms with Crippen LogP contribution in [0.15, 0.2) is 40.9 Å². The summed E-state index contributed by atoms with van der Waals surface area (Å²) in [5.74, 6) is -0.332. The normalized spacial score (nSPS) is 11.8. The van der Waals surface area contributed by atoms with Gasteiger partial charge in [0.1, 0.15) is 5.01 Å². The fourth-order valence-corrected chi connectivity index (χ4v) is 3.58. The molecule has 0 aliphatic rings. The zero-order valence-corrected chi connectivity index (χ0v) is 14.8. The minimum Gasteiger partial charge on any atom is -0.504 e. The number of nitrogens with zero attached hydrogens (tertiary/aromatic N) is 1. The fourth-order valence-electron chi connectivity index (χ4n) is 2.14. The van der Waals surface area contributed by atoms with E-state index in [1.54, 1.807) is 17.4 Å². The highest BCUT2D eigenvalue weighted by atomic mass is 79.9. The fraction of sp³-hybridized carbons (Fsp3) is 0.0556. The van der Waals surface area contributed by atoms with Crippen LogP contribution in [0.2, 0.25) is 0 Å². The van der Waals surface area contributed by atoms with Gasteiger partial charge in [-0.05, 0) is 46.6 Å². The van der Waals surface area contributed by atoms with Crippen molar-refractivity contribution in [3.63, 3.8) is 0 Å². The van der Waals surface area contributed by atoms with Crippen molar-refractivity contribution < 1.29 is 10.2 Å². The van der Waals surface area contributed by atoms with Crippen molar-refractivity contribution >= 4 is 39.9 Å². The summed E-state index contributed by atoms with van der Waals surface area (Å²) in [7, 11) is 0. The monoisotopic (exact) mass is 387 g/mol. The Bertz CT molecular complexity index is 954. The van der Waals surface area contributed by atoms with E-state index in [2.05, 4.69) is 39.6 Å². The van der Waals surface area contributed by atoms with Crippen LogP contribution in [0.25, 0.3) is 23.2 Å². The number of aryl methyl sites for hydroxylation is 1. The second-order valence-electron chi connectivity index (χ2n) is 5.21. The average molecular weight is 388 g/mol. The second-order valence-corrected chi connectivity index (χ2v) is 7.10. The summed E-state index contributed by atoms with van der Waals surface area (Å²) in [6.45, 7) is 6.04. The zero-order valence-electron chi connectivity index (χ0n) is 12.4. The Morgan fingerprint density at radius 3 is 2.52 bits per heavy atom. The molecule has 0 aliphatic heterocycles. The first-order valence-corrected chi connectivity index (χ1v) is 8.51. The van der Waals surface area contributed by atoms with E-state index in [1.807, 2.05) is 25.1 Å². The molecule has 1 aromatic heterocycles. The van der Waals surface area contributed by atoms with Crippen molar-refractivity contribution in [1.82, 2.24) is 4.98 Å². The van der Waals surface area contributed by atoms with Gasteiger partial charge < -0.3 is 10.2 Å². The van der Waals surface area contributed by atoms with Gasteiger partial charge in [0.25, 0.3) is 0 Å². The number of hydrogen-bond donors (Lipinski definition) is 2. The maximum absolute atomic E-state index is 9.71. The highest BCUT2D eigenvalue weighted by molar-refractivity contribution is 9.10. The maximum Gasteiger partial charge on any atom is 0.171 e. The summed E-state index contributed by atoms with van der Waals surface area (Å²) in [6.07, 6.45) is 1.89. The molecule has 0 saturated heterocycles. The molecular weight excluding hydrogens is 374 g/mol. The molecule has 3 aromatic rings. The topological polar surface area (TPSA) is 53.4 Å². The number of aromatic nitrogens is 1. The number of aromatic hydroxyl groups is 2. The highest BCUT2D eigenvalue weighted by Gasteiger charge is 2.07. The van der Waals surface area contributed by atoms with Crippen LogP contribution in [0, 0.1) is 6.92 Å². The molecule has 0 bridgehead atoms. The predicted octanol–water partition coefficient (Wildman–Crippen LogP) is 3.53. The van der Waals surface area contributed by atoms with E-state index < -0.39 is 0 Å². The van der Waals surface area contributed by atoms with Gasteiger partial charge in [0.15, 0.2) is 11.5 Å².